The Morgan fingerprint density at radius 3 is 2.92 bits per heavy atom. The summed E-state index contributed by atoms with van der Waals surface area (Å²) in [5, 5.41) is 3.43. The molecule has 0 radical (unpaired) electrons. The molecular formula is C19H30N2O3. The third-order valence-corrected chi connectivity index (χ3v) is 4.18. The highest BCUT2D eigenvalue weighted by atomic mass is 16.6. The van der Waals surface area contributed by atoms with Crippen molar-refractivity contribution in [3.8, 4) is 0 Å². The monoisotopic (exact) mass is 334 g/mol. The van der Waals surface area contributed by atoms with Crippen LogP contribution in [0.4, 0.5) is 4.79 Å². The van der Waals surface area contributed by atoms with Gasteiger partial charge < -0.3 is 19.7 Å². The van der Waals surface area contributed by atoms with Crippen molar-refractivity contribution in [3.63, 3.8) is 0 Å². The van der Waals surface area contributed by atoms with Crippen molar-refractivity contribution in [2.45, 2.75) is 45.3 Å². The molecule has 1 aliphatic rings. The van der Waals surface area contributed by atoms with E-state index >= 15 is 0 Å². The lowest BCUT2D eigenvalue weighted by Crippen LogP contribution is -2.49. The molecule has 1 unspecified atom stereocenters. The molecule has 5 nitrogen and oxygen atoms in total. The average molecular weight is 334 g/mol. The Bertz CT molecular complexity index is 467. The molecule has 0 aliphatic carbocycles. The van der Waals surface area contributed by atoms with Crippen LogP contribution in [0.1, 0.15) is 38.2 Å². The van der Waals surface area contributed by atoms with Crippen molar-refractivity contribution in [2.75, 3.05) is 32.8 Å². The number of rotatable bonds is 9. The fraction of sp³-hybridized carbons (Fsp3) is 0.632. The molecule has 1 heterocycles. The van der Waals surface area contributed by atoms with Gasteiger partial charge in [0.2, 0.25) is 0 Å². The first kappa shape index (κ1) is 18.7. The lowest BCUT2D eigenvalue weighted by molar-refractivity contribution is -0.0269. The highest BCUT2D eigenvalue weighted by Gasteiger charge is 2.24. The van der Waals surface area contributed by atoms with Crippen LogP contribution in [0.25, 0.3) is 0 Å². The fourth-order valence-electron chi connectivity index (χ4n) is 2.76. The summed E-state index contributed by atoms with van der Waals surface area (Å²) >= 11 is 0. The zero-order chi connectivity index (χ0) is 17.0. The van der Waals surface area contributed by atoms with E-state index in [4.69, 9.17) is 9.47 Å². The van der Waals surface area contributed by atoms with E-state index in [-0.39, 0.29) is 12.2 Å². The number of benzene rings is 1. The summed E-state index contributed by atoms with van der Waals surface area (Å²) < 4.78 is 11.1. The molecule has 24 heavy (non-hydrogen) atoms. The van der Waals surface area contributed by atoms with Crippen molar-refractivity contribution in [1.29, 1.82) is 0 Å². The quantitative estimate of drug-likeness (QED) is 0.705. The number of carbonyl (C=O) groups excluding carboxylic acids is 1. The highest BCUT2D eigenvalue weighted by molar-refractivity contribution is 5.67. The molecule has 134 valence electrons. The van der Waals surface area contributed by atoms with Gasteiger partial charge in [-0.25, -0.2) is 4.79 Å². The number of carbonyl (C=O) groups is 1. The van der Waals surface area contributed by atoms with Gasteiger partial charge >= 0.3 is 6.09 Å². The second-order valence-corrected chi connectivity index (χ2v) is 6.24. The number of ether oxygens (including phenoxy) is 2. The second-order valence-electron chi connectivity index (χ2n) is 6.24. The standard InChI is InChI=1S/C19H30N2O3/c1-2-3-4-8-11-20-14-18-15-21(12-13-23-18)19(22)24-16-17-9-6-5-7-10-17/h5-7,9-10,18,20H,2-4,8,11-16H2,1H3. The SMILES string of the molecule is CCCCCCNCC1CN(C(=O)OCc2ccccc2)CCO1. The van der Waals surface area contributed by atoms with Crippen LogP contribution in [-0.2, 0) is 16.1 Å². The lowest BCUT2D eigenvalue weighted by atomic mass is 10.2. The Hall–Kier alpha value is -1.59. The smallest absolute Gasteiger partial charge is 0.410 e. The van der Waals surface area contributed by atoms with Crippen LogP contribution in [0, 0.1) is 0 Å². The molecular weight excluding hydrogens is 304 g/mol. The molecule has 5 heteroatoms. The number of nitrogens with zero attached hydrogens (tertiary/aromatic N) is 1. The summed E-state index contributed by atoms with van der Waals surface area (Å²) in [6.45, 7) is 6.10. The fourth-order valence-corrected chi connectivity index (χ4v) is 2.76. The predicted molar refractivity (Wildman–Crippen MR) is 95.0 cm³/mol. The van der Waals surface area contributed by atoms with Gasteiger partial charge in [-0.05, 0) is 18.5 Å². The van der Waals surface area contributed by atoms with Crippen LogP contribution in [0.3, 0.4) is 0 Å². The molecule has 2 rings (SSSR count). The van der Waals surface area contributed by atoms with Gasteiger partial charge in [-0.15, -0.1) is 0 Å². The van der Waals surface area contributed by atoms with Crippen LogP contribution < -0.4 is 5.32 Å². The lowest BCUT2D eigenvalue weighted by Gasteiger charge is -2.32. The molecule has 1 saturated heterocycles. The zero-order valence-electron chi connectivity index (χ0n) is 14.7. The van der Waals surface area contributed by atoms with Gasteiger partial charge in [0, 0.05) is 13.1 Å². The molecule has 1 aliphatic heterocycles. The van der Waals surface area contributed by atoms with Crippen LogP contribution in [-0.4, -0.2) is 49.9 Å². The summed E-state index contributed by atoms with van der Waals surface area (Å²) in [6.07, 6.45) is 4.81. The van der Waals surface area contributed by atoms with Crippen molar-refractivity contribution < 1.29 is 14.3 Å². The van der Waals surface area contributed by atoms with Crippen molar-refractivity contribution >= 4 is 6.09 Å². The third-order valence-electron chi connectivity index (χ3n) is 4.18. The second kappa shape index (κ2) is 11.0. The van der Waals surface area contributed by atoms with Crippen LogP contribution >= 0.6 is 0 Å². The van der Waals surface area contributed by atoms with Gasteiger partial charge in [-0.1, -0.05) is 56.5 Å². The van der Waals surface area contributed by atoms with Crippen LogP contribution in [0.5, 0.6) is 0 Å². The molecule has 1 aromatic carbocycles. The molecule has 1 atom stereocenters. The first-order chi connectivity index (χ1) is 11.8. The maximum absolute atomic E-state index is 12.2. The number of unbranched alkanes of at least 4 members (excludes halogenated alkanes) is 3. The molecule has 1 aromatic rings. The zero-order valence-corrected chi connectivity index (χ0v) is 14.7. The summed E-state index contributed by atoms with van der Waals surface area (Å²) in [6, 6.07) is 9.75. The van der Waals surface area contributed by atoms with E-state index in [1.807, 2.05) is 30.3 Å². The van der Waals surface area contributed by atoms with Gasteiger partial charge in [-0.3, -0.25) is 0 Å². The average Bonchev–Trinajstić information content (AvgIpc) is 2.64. The Labute approximate surface area is 145 Å². The molecule has 1 fully saturated rings. The maximum atomic E-state index is 12.2. The summed E-state index contributed by atoms with van der Waals surface area (Å²) in [5.41, 5.74) is 1.00. The van der Waals surface area contributed by atoms with Gasteiger partial charge in [0.05, 0.1) is 19.3 Å². The van der Waals surface area contributed by atoms with E-state index in [1.54, 1.807) is 4.90 Å². The minimum Gasteiger partial charge on any atom is -0.445 e. The molecule has 0 bridgehead atoms. The van der Waals surface area contributed by atoms with Gasteiger partial charge in [0.1, 0.15) is 6.61 Å². The van der Waals surface area contributed by atoms with E-state index in [9.17, 15) is 4.79 Å². The van der Waals surface area contributed by atoms with E-state index in [0.29, 0.717) is 26.3 Å². The Morgan fingerprint density at radius 2 is 2.12 bits per heavy atom. The molecule has 0 aromatic heterocycles. The summed E-state index contributed by atoms with van der Waals surface area (Å²) in [5.74, 6) is 0. The largest absolute Gasteiger partial charge is 0.445 e. The first-order valence-electron chi connectivity index (χ1n) is 9.07. The number of hydrogen-bond acceptors (Lipinski definition) is 4. The minimum atomic E-state index is -0.255. The van der Waals surface area contributed by atoms with Crippen molar-refractivity contribution in [3.05, 3.63) is 35.9 Å². The van der Waals surface area contributed by atoms with Gasteiger partial charge in [0.15, 0.2) is 0 Å². The van der Waals surface area contributed by atoms with E-state index in [0.717, 1.165) is 18.7 Å². The Morgan fingerprint density at radius 1 is 1.29 bits per heavy atom. The molecule has 1 amide bonds. The van der Waals surface area contributed by atoms with Crippen LogP contribution in [0.2, 0.25) is 0 Å². The topological polar surface area (TPSA) is 50.8 Å². The predicted octanol–water partition coefficient (Wildman–Crippen LogP) is 3.19. The maximum Gasteiger partial charge on any atom is 0.410 e. The van der Waals surface area contributed by atoms with Gasteiger partial charge in [-0.2, -0.15) is 0 Å². The van der Waals surface area contributed by atoms with E-state index in [2.05, 4.69) is 12.2 Å². The Balaban J connectivity index is 1.63. The molecule has 0 spiro atoms. The summed E-state index contributed by atoms with van der Waals surface area (Å²) in [4.78, 5) is 13.9. The van der Waals surface area contributed by atoms with E-state index in [1.165, 1.54) is 25.7 Å². The normalized spacial score (nSPS) is 17.7. The number of hydrogen-bond donors (Lipinski definition) is 1. The first-order valence-corrected chi connectivity index (χ1v) is 9.07. The highest BCUT2D eigenvalue weighted by Crippen LogP contribution is 2.09. The number of amides is 1. The number of nitrogens with one attached hydrogen (secondary N) is 1. The minimum absolute atomic E-state index is 0.0502. The molecule has 0 saturated carbocycles. The number of morpholine rings is 1. The summed E-state index contributed by atoms with van der Waals surface area (Å²) in [7, 11) is 0. The third kappa shape index (κ3) is 6.89. The van der Waals surface area contributed by atoms with Crippen LogP contribution in [0.15, 0.2) is 30.3 Å². The Kier molecular flexibility index (Phi) is 8.63. The van der Waals surface area contributed by atoms with Gasteiger partial charge in [0.25, 0.3) is 0 Å². The van der Waals surface area contributed by atoms with Crippen molar-refractivity contribution in [2.24, 2.45) is 0 Å². The molecule has 1 N–H and O–H groups in total. The van der Waals surface area contributed by atoms with E-state index < -0.39 is 0 Å². The van der Waals surface area contributed by atoms with Crippen molar-refractivity contribution in [1.82, 2.24) is 10.2 Å².